The average molecular weight is 364 g/mol. The van der Waals surface area contributed by atoms with Crippen LogP contribution in [0.2, 0.25) is 0 Å². The molecule has 0 spiro atoms. The zero-order valence-electron chi connectivity index (χ0n) is 14.4. The number of ketones is 2. The second kappa shape index (κ2) is 7.28. The maximum atomic E-state index is 12.7. The molecule has 1 aromatic heterocycles. The number of Topliss-reactive ketones (excluding diaryl/α,β-unsaturated/α-hetero) is 2. The van der Waals surface area contributed by atoms with Crippen molar-refractivity contribution < 1.29 is 19.5 Å². The number of fused-ring (bicyclic) bond motifs is 1. The van der Waals surface area contributed by atoms with Gasteiger partial charge in [0.1, 0.15) is 5.70 Å². The number of carbonyl (C=O) groups excluding carboxylic acids is 2. The predicted molar refractivity (Wildman–Crippen MR) is 94.4 cm³/mol. The average Bonchev–Trinajstić information content (AvgIpc) is 2.69. The maximum absolute atomic E-state index is 12.7. The molecule has 1 aromatic carbocycles. The molecule has 1 unspecified atom stereocenters. The molecule has 136 valence electrons. The Morgan fingerprint density at radius 2 is 1.89 bits per heavy atom. The Kier molecular flexibility index (Phi) is 4.89. The first kappa shape index (κ1) is 18.1. The van der Waals surface area contributed by atoms with E-state index in [4.69, 9.17) is 10.6 Å². The molecule has 8 nitrogen and oxygen atoms in total. The molecule has 1 aliphatic rings. The van der Waals surface area contributed by atoms with Gasteiger partial charge in [0.15, 0.2) is 5.70 Å². The van der Waals surface area contributed by atoms with E-state index >= 15 is 0 Å². The van der Waals surface area contributed by atoms with Gasteiger partial charge in [-0.15, -0.1) is 0 Å². The van der Waals surface area contributed by atoms with Gasteiger partial charge in [0.25, 0.3) is 0 Å². The van der Waals surface area contributed by atoms with Crippen LogP contribution in [0.4, 0.5) is 0 Å². The number of rotatable bonds is 6. The zero-order valence-corrected chi connectivity index (χ0v) is 14.4. The highest BCUT2D eigenvalue weighted by Gasteiger charge is 2.32. The minimum Gasteiger partial charge on any atom is -0.481 e. The van der Waals surface area contributed by atoms with E-state index < -0.39 is 23.5 Å². The Balaban J connectivity index is 1.82. The van der Waals surface area contributed by atoms with E-state index in [-0.39, 0.29) is 29.1 Å². The molecule has 3 N–H and O–H groups in total. The number of nitrogens with one attached hydrogen (secondary N) is 2. The number of aromatic nitrogens is 1. The van der Waals surface area contributed by atoms with Crippen LogP contribution >= 0.6 is 0 Å². The third-order valence-corrected chi connectivity index (χ3v) is 4.42. The fraction of sp³-hybridized carbons (Fsp3) is 0.158. The fourth-order valence-corrected chi connectivity index (χ4v) is 2.78. The third-order valence-electron chi connectivity index (χ3n) is 4.42. The van der Waals surface area contributed by atoms with E-state index in [0.717, 1.165) is 5.56 Å². The molecule has 0 aliphatic heterocycles. The highest BCUT2D eigenvalue weighted by atomic mass is 16.4. The van der Waals surface area contributed by atoms with Crippen molar-refractivity contribution in [2.75, 3.05) is 0 Å². The Morgan fingerprint density at radius 3 is 2.52 bits per heavy atom. The Labute approximate surface area is 154 Å². The molecule has 0 saturated carbocycles. The first-order valence-electron chi connectivity index (χ1n) is 8.14. The van der Waals surface area contributed by atoms with Gasteiger partial charge in [0.2, 0.25) is 11.6 Å². The van der Waals surface area contributed by atoms with Crippen LogP contribution in [0, 0.1) is 5.53 Å². The first-order valence-corrected chi connectivity index (χ1v) is 8.14. The molecular formula is C19H16N4O4. The van der Waals surface area contributed by atoms with Crippen molar-refractivity contribution >= 4 is 17.5 Å². The summed E-state index contributed by atoms with van der Waals surface area (Å²) in [6.07, 6.45) is 2.73. The standard InChI is InChI=1S/C19H16N4O4/c1-10(19(26)27)12-4-2-11(3-5-12)8-22-15-16(23-20)17(24)13-6-7-21-9-14(13)18(15)25/h2-7,9-10,20,22H,8H2,1H3,(H,26,27). The van der Waals surface area contributed by atoms with Crippen molar-refractivity contribution in [2.45, 2.75) is 19.4 Å². The summed E-state index contributed by atoms with van der Waals surface area (Å²) in [7, 11) is 0. The van der Waals surface area contributed by atoms with Gasteiger partial charge in [0.05, 0.1) is 11.5 Å². The molecule has 2 aromatic rings. The smallest absolute Gasteiger partial charge is 0.310 e. The Bertz CT molecular complexity index is 979. The van der Waals surface area contributed by atoms with Crippen LogP contribution in [0.3, 0.4) is 0 Å². The van der Waals surface area contributed by atoms with Crippen LogP contribution in [-0.4, -0.2) is 27.6 Å². The monoisotopic (exact) mass is 364 g/mol. The van der Waals surface area contributed by atoms with Gasteiger partial charge in [-0.3, -0.25) is 19.4 Å². The maximum Gasteiger partial charge on any atom is 0.310 e. The Morgan fingerprint density at radius 1 is 1.19 bits per heavy atom. The lowest BCUT2D eigenvalue weighted by Gasteiger charge is -2.18. The summed E-state index contributed by atoms with van der Waals surface area (Å²) < 4.78 is 0. The van der Waals surface area contributed by atoms with Gasteiger partial charge in [-0.25, -0.2) is 5.53 Å². The summed E-state index contributed by atoms with van der Waals surface area (Å²) in [5, 5.41) is 15.2. The number of hydrogen-bond acceptors (Lipinski definition) is 7. The molecule has 1 atom stereocenters. The molecule has 0 bridgehead atoms. The van der Waals surface area contributed by atoms with Crippen molar-refractivity contribution in [3.05, 3.63) is 76.4 Å². The summed E-state index contributed by atoms with van der Waals surface area (Å²) in [6, 6.07) is 8.31. The molecule has 0 radical (unpaired) electrons. The van der Waals surface area contributed by atoms with Crippen LogP contribution in [0.15, 0.2) is 59.2 Å². The highest BCUT2D eigenvalue weighted by molar-refractivity contribution is 6.26. The van der Waals surface area contributed by atoms with Gasteiger partial charge in [-0.1, -0.05) is 24.3 Å². The van der Waals surface area contributed by atoms with Crippen molar-refractivity contribution in [3.8, 4) is 0 Å². The number of carbonyl (C=O) groups is 3. The van der Waals surface area contributed by atoms with Gasteiger partial charge >= 0.3 is 5.97 Å². The normalized spacial score (nSPS) is 14.6. The van der Waals surface area contributed by atoms with E-state index in [1.807, 2.05) is 0 Å². The van der Waals surface area contributed by atoms with Crippen molar-refractivity contribution in [2.24, 2.45) is 5.11 Å². The summed E-state index contributed by atoms with van der Waals surface area (Å²) in [5.41, 5.74) is 8.78. The van der Waals surface area contributed by atoms with Crippen LogP contribution in [0.1, 0.15) is 44.7 Å². The van der Waals surface area contributed by atoms with Gasteiger partial charge < -0.3 is 10.4 Å². The van der Waals surface area contributed by atoms with Gasteiger partial charge in [0, 0.05) is 24.5 Å². The first-order chi connectivity index (χ1) is 12.9. The minimum absolute atomic E-state index is 0.0431. The molecule has 8 heteroatoms. The summed E-state index contributed by atoms with van der Waals surface area (Å²) in [5.74, 6) is -2.48. The highest BCUT2D eigenvalue weighted by Crippen LogP contribution is 2.25. The quantitative estimate of drug-likeness (QED) is 0.675. The topological polar surface area (TPSA) is 133 Å². The summed E-state index contributed by atoms with van der Waals surface area (Å²) >= 11 is 0. The van der Waals surface area contributed by atoms with Crippen LogP contribution in [-0.2, 0) is 11.3 Å². The van der Waals surface area contributed by atoms with Crippen molar-refractivity contribution in [1.82, 2.24) is 10.3 Å². The number of benzene rings is 1. The number of carboxylic acids is 1. The van der Waals surface area contributed by atoms with E-state index in [0.29, 0.717) is 5.56 Å². The van der Waals surface area contributed by atoms with E-state index in [9.17, 15) is 14.4 Å². The minimum atomic E-state index is -0.911. The SMILES string of the molecule is CC(C(=O)O)c1ccc(CNC2=C(N=N)C(=O)c3ccncc3C2=O)cc1. The van der Waals surface area contributed by atoms with Crippen LogP contribution in [0.25, 0.3) is 0 Å². The summed E-state index contributed by atoms with van der Waals surface area (Å²) in [6.45, 7) is 1.81. The number of nitrogens with zero attached hydrogens (tertiary/aromatic N) is 2. The molecule has 3 rings (SSSR count). The number of aliphatic carboxylic acids is 1. The summed E-state index contributed by atoms with van der Waals surface area (Å²) in [4.78, 5) is 40.0. The number of pyridine rings is 1. The molecule has 1 aliphatic carbocycles. The van der Waals surface area contributed by atoms with Crippen molar-refractivity contribution in [1.29, 1.82) is 5.53 Å². The zero-order chi connectivity index (χ0) is 19.6. The largest absolute Gasteiger partial charge is 0.481 e. The lowest BCUT2D eigenvalue weighted by Crippen LogP contribution is -2.29. The lowest BCUT2D eigenvalue weighted by molar-refractivity contribution is -0.138. The molecular weight excluding hydrogens is 348 g/mol. The van der Waals surface area contributed by atoms with E-state index in [1.54, 1.807) is 31.2 Å². The number of carboxylic acid groups (broad SMARTS) is 1. The predicted octanol–water partition coefficient (Wildman–Crippen LogP) is 2.68. The third kappa shape index (κ3) is 3.37. The van der Waals surface area contributed by atoms with E-state index in [2.05, 4.69) is 15.4 Å². The van der Waals surface area contributed by atoms with Crippen molar-refractivity contribution in [3.63, 3.8) is 0 Å². The van der Waals surface area contributed by atoms with Gasteiger partial charge in [-0.2, -0.15) is 5.11 Å². The lowest BCUT2D eigenvalue weighted by atomic mass is 9.92. The molecule has 0 amide bonds. The Hall–Kier alpha value is -3.68. The van der Waals surface area contributed by atoms with Crippen LogP contribution < -0.4 is 5.32 Å². The van der Waals surface area contributed by atoms with Gasteiger partial charge in [-0.05, 0) is 24.1 Å². The molecule has 0 fully saturated rings. The molecule has 27 heavy (non-hydrogen) atoms. The number of allylic oxidation sites excluding steroid dienone is 2. The fourth-order valence-electron chi connectivity index (χ4n) is 2.78. The second-order valence-electron chi connectivity index (χ2n) is 6.07. The number of hydrogen-bond donors (Lipinski definition) is 3. The molecule has 0 saturated heterocycles. The second-order valence-corrected chi connectivity index (χ2v) is 6.07. The van der Waals surface area contributed by atoms with E-state index in [1.165, 1.54) is 18.5 Å². The molecule has 1 heterocycles. The van der Waals surface area contributed by atoms with Crippen LogP contribution in [0.5, 0.6) is 0 Å².